The van der Waals surface area contributed by atoms with Crippen LogP contribution in [0.15, 0.2) is 0 Å². The second-order valence-corrected chi connectivity index (χ2v) is 5.19. The first-order valence-corrected chi connectivity index (χ1v) is 7.29. The molecule has 0 saturated carbocycles. The third kappa shape index (κ3) is 7.22. The van der Waals surface area contributed by atoms with Gasteiger partial charge >= 0.3 is 0 Å². The van der Waals surface area contributed by atoms with Crippen LogP contribution in [-0.4, -0.2) is 24.5 Å². The molecule has 1 saturated heterocycles. The van der Waals surface area contributed by atoms with Gasteiger partial charge < -0.3 is 10.6 Å². The smallest absolute Gasteiger partial charge is 0.221 e. The molecule has 2 atom stereocenters. The molecule has 18 heavy (non-hydrogen) atoms. The molecule has 0 aliphatic carbocycles. The molecule has 1 heterocycles. The van der Waals surface area contributed by atoms with E-state index in [0.29, 0.717) is 18.5 Å². The van der Waals surface area contributed by atoms with Crippen LogP contribution >= 0.6 is 12.4 Å². The summed E-state index contributed by atoms with van der Waals surface area (Å²) in [7, 11) is 0. The van der Waals surface area contributed by atoms with Crippen molar-refractivity contribution in [1.29, 1.82) is 0 Å². The third-order valence-corrected chi connectivity index (χ3v) is 3.50. The molecule has 2 N–H and O–H groups in total. The highest BCUT2D eigenvalue weighted by Crippen LogP contribution is 2.10. The fraction of sp³-hybridized carbons (Fsp3) is 0.929. The van der Waals surface area contributed by atoms with Crippen molar-refractivity contribution >= 4 is 18.3 Å². The first kappa shape index (κ1) is 17.7. The number of nitrogens with one attached hydrogen (secondary N) is 2. The van der Waals surface area contributed by atoms with Gasteiger partial charge in [-0.1, -0.05) is 33.1 Å². The largest absolute Gasteiger partial charge is 0.353 e. The zero-order valence-electron chi connectivity index (χ0n) is 11.8. The van der Waals surface area contributed by atoms with Gasteiger partial charge in [-0.25, -0.2) is 0 Å². The van der Waals surface area contributed by atoms with Gasteiger partial charge in [-0.2, -0.15) is 0 Å². The lowest BCUT2D eigenvalue weighted by molar-refractivity contribution is -0.122. The molecule has 1 amide bonds. The molecule has 1 rings (SSSR count). The molecular weight excluding hydrogens is 248 g/mol. The Labute approximate surface area is 118 Å². The van der Waals surface area contributed by atoms with E-state index in [4.69, 9.17) is 0 Å². The van der Waals surface area contributed by atoms with Gasteiger partial charge in [0.1, 0.15) is 0 Å². The lowest BCUT2D eigenvalue weighted by Gasteiger charge is -2.19. The van der Waals surface area contributed by atoms with Crippen LogP contribution < -0.4 is 10.6 Å². The predicted molar refractivity (Wildman–Crippen MR) is 79.3 cm³/mol. The minimum Gasteiger partial charge on any atom is -0.353 e. The number of hydrogen-bond acceptors (Lipinski definition) is 2. The average Bonchev–Trinajstić information content (AvgIpc) is 2.78. The third-order valence-electron chi connectivity index (χ3n) is 3.50. The number of carbonyl (C=O) groups is 1. The summed E-state index contributed by atoms with van der Waals surface area (Å²) >= 11 is 0. The number of amides is 1. The Morgan fingerprint density at radius 2 is 2.11 bits per heavy atom. The summed E-state index contributed by atoms with van der Waals surface area (Å²) in [5.41, 5.74) is 0. The van der Waals surface area contributed by atoms with Crippen LogP contribution in [0.1, 0.15) is 65.2 Å². The van der Waals surface area contributed by atoms with Gasteiger partial charge in [0.05, 0.1) is 0 Å². The number of halogens is 1. The second-order valence-electron chi connectivity index (χ2n) is 5.19. The first-order valence-electron chi connectivity index (χ1n) is 7.29. The summed E-state index contributed by atoms with van der Waals surface area (Å²) in [6, 6.07) is 0.817. The van der Waals surface area contributed by atoms with Crippen molar-refractivity contribution in [1.82, 2.24) is 10.6 Å². The van der Waals surface area contributed by atoms with Gasteiger partial charge in [-0.05, 0) is 32.2 Å². The van der Waals surface area contributed by atoms with E-state index in [1.807, 2.05) is 0 Å². The maximum absolute atomic E-state index is 11.9. The number of carbonyl (C=O) groups excluding carboxylic acids is 1. The highest BCUT2D eigenvalue weighted by atomic mass is 35.5. The molecule has 0 aromatic carbocycles. The van der Waals surface area contributed by atoms with Gasteiger partial charge in [0.15, 0.2) is 0 Å². The summed E-state index contributed by atoms with van der Waals surface area (Å²) in [6.07, 6.45) is 8.85. The fourth-order valence-electron chi connectivity index (χ4n) is 2.53. The minimum absolute atomic E-state index is 0. The van der Waals surface area contributed by atoms with Crippen molar-refractivity contribution in [2.24, 2.45) is 0 Å². The molecule has 2 unspecified atom stereocenters. The molecule has 108 valence electrons. The van der Waals surface area contributed by atoms with Gasteiger partial charge in [0.25, 0.3) is 0 Å². The van der Waals surface area contributed by atoms with E-state index in [9.17, 15) is 4.79 Å². The minimum atomic E-state index is 0. The summed E-state index contributed by atoms with van der Waals surface area (Å²) in [6.45, 7) is 5.46. The molecule has 1 aliphatic rings. The molecule has 3 nitrogen and oxygen atoms in total. The first-order chi connectivity index (χ1) is 8.26. The monoisotopic (exact) mass is 276 g/mol. The van der Waals surface area contributed by atoms with Crippen LogP contribution in [0.3, 0.4) is 0 Å². The zero-order chi connectivity index (χ0) is 12.5. The van der Waals surface area contributed by atoms with E-state index >= 15 is 0 Å². The molecule has 0 aromatic heterocycles. The molecule has 1 fully saturated rings. The molecule has 0 bridgehead atoms. The predicted octanol–water partition coefficient (Wildman–Crippen LogP) is 3.03. The van der Waals surface area contributed by atoms with E-state index in [2.05, 4.69) is 24.5 Å². The topological polar surface area (TPSA) is 41.1 Å². The number of unbranched alkanes of at least 4 members (excludes halogenated alkanes) is 1. The maximum atomic E-state index is 11.9. The van der Waals surface area contributed by atoms with Crippen molar-refractivity contribution in [2.75, 3.05) is 6.54 Å². The quantitative estimate of drug-likeness (QED) is 0.715. The van der Waals surface area contributed by atoms with Crippen LogP contribution in [0.5, 0.6) is 0 Å². The second kappa shape index (κ2) is 10.6. The summed E-state index contributed by atoms with van der Waals surface area (Å²) in [5, 5.41) is 6.58. The Morgan fingerprint density at radius 1 is 1.33 bits per heavy atom. The molecule has 0 spiro atoms. The van der Waals surface area contributed by atoms with Gasteiger partial charge in [0, 0.05) is 18.5 Å². The van der Waals surface area contributed by atoms with Crippen molar-refractivity contribution in [3.8, 4) is 0 Å². The lowest BCUT2D eigenvalue weighted by Crippen LogP contribution is -2.38. The normalized spacial score (nSPS) is 20.2. The Balaban J connectivity index is 0.00000289. The van der Waals surface area contributed by atoms with E-state index in [0.717, 1.165) is 32.2 Å². The number of rotatable bonds is 8. The molecule has 4 heteroatoms. The van der Waals surface area contributed by atoms with Crippen LogP contribution in [0.25, 0.3) is 0 Å². The van der Waals surface area contributed by atoms with E-state index in [1.165, 1.54) is 19.3 Å². The highest BCUT2D eigenvalue weighted by molar-refractivity contribution is 5.85. The van der Waals surface area contributed by atoms with Crippen molar-refractivity contribution in [3.05, 3.63) is 0 Å². The van der Waals surface area contributed by atoms with E-state index in [1.54, 1.807) is 0 Å². The molecule has 1 aliphatic heterocycles. The van der Waals surface area contributed by atoms with Gasteiger partial charge in [-0.3, -0.25) is 4.79 Å². The Kier molecular flexibility index (Phi) is 10.5. The van der Waals surface area contributed by atoms with Crippen molar-refractivity contribution in [3.63, 3.8) is 0 Å². The highest BCUT2D eigenvalue weighted by Gasteiger charge is 2.19. The molecule has 0 aromatic rings. The summed E-state index contributed by atoms with van der Waals surface area (Å²) in [4.78, 5) is 11.9. The standard InChI is InChI=1S/C14H28N2O.ClH/c1-3-5-8-12(7-4-2)16-14(17)11-13-9-6-10-15-13;/h12-13,15H,3-11H2,1-2H3,(H,16,17);1H. The lowest BCUT2D eigenvalue weighted by atomic mass is 10.0. The summed E-state index contributed by atoms with van der Waals surface area (Å²) in [5.74, 6) is 0.235. The number of hydrogen-bond donors (Lipinski definition) is 2. The Bertz CT molecular complexity index is 218. The average molecular weight is 277 g/mol. The van der Waals surface area contributed by atoms with Crippen LogP contribution in [-0.2, 0) is 4.79 Å². The Hall–Kier alpha value is -0.280. The SMILES string of the molecule is CCCCC(CCC)NC(=O)CC1CCCN1.Cl. The molecular formula is C14H29ClN2O. The zero-order valence-corrected chi connectivity index (χ0v) is 12.7. The fourth-order valence-corrected chi connectivity index (χ4v) is 2.53. The molecule has 0 radical (unpaired) electrons. The van der Waals surface area contributed by atoms with Crippen molar-refractivity contribution < 1.29 is 4.79 Å². The van der Waals surface area contributed by atoms with Crippen LogP contribution in [0, 0.1) is 0 Å². The van der Waals surface area contributed by atoms with Gasteiger partial charge in [-0.15, -0.1) is 12.4 Å². The Morgan fingerprint density at radius 3 is 2.67 bits per heavy atom. The van der Waals surface area contributed by atoms with Crippen molar-refractivity contribution in [2.45, 2.75) is 77.3 Å². The van der Waals surface area contributed by atoms with Crippen LogP contribution in [0.2, 0.25) is 0 Å². The van der Waals surface area contributed by atoms with Gasteiger partial charge in [0.2, 0.25) is 5.91 Å². The van der Waals surface area contributed by atoms with E-state index < -0.39 is 0 Å². The van der Waals surface area contributed by atoms with E-state index in [-0.39, 0.29) is 18.3 Å². The maximum Gasteiger partial charge on any atom is 0.221 e. The summed E-state index contributed by atoms with van der Waals surface area (Å²) < 4.78 is 0. The van der Waals surface area contributed by atoms with Crippen LogP contribution in [0.4, 0.5) is 0 Å².